The summed E-state index contributed by atoms with van der Waals surface area (Å²) in [7, 11) is 0. The number of rotatable bonds is 3. The highest BCUT2D eigenvalue weighted by atomic mass is 16.6. The highest BCUT2D eigenvalue weighted by molar-refractivity contribution is 5.84. The van der Waals surface area contributed by atoms with Crippen molar-refractivity contribution in [2.24, 2.45) is 0 Å². The normalized spacial score (nSPS) is 11.8. The van der Waals surface area contributed by atoms with Gasteiger partial charge in [-0.3, -0.25) is 9.48 Å². The molecule has 0 aliphatic rings. The van der Waals surface area contributed by atoms with E-state index in [0.717, 1.165) is 23.0 Å². The lowest BCUT2D eigenvalue weighted by Gasteiger charge is -2.19. The van der Waals surface area contributed by atoms with E-state index in [1.807, 2.05) is 33.8 Å². The van der Waals surface area contributed by atoms with Gasteiger partial charge in [0.25, 0.3) is 0 Å². The highest BCUT2D eigenvalue weighted by Gasteiger charge is 2.18. The fraction of sp³-hybridized carbons (Fsp3) is 0.467. The lowest BCUT2D eigenvalue weighted by molar-refractivity contribution is -0.155. The Hall–Kier alpha value is -2.04. The average Bonchev–Trinajstić information content (AvgIpc) is 2.64. The predicted octanol–water partition coefficient (Wildman–Crippen LogP) is 2.65. The van der Waals surface area contributed by atoms with Gasteiger partial charge in [0, 0.05) is 11.5 Å². The Bertz CT molecular complexity index is 638. The van der Waals surface area contributed by atoms with Gasteiger partial charge in [-0.1, -0.05) is 6.92 Å². The zero-order valence-corrected chi connectivity index (χ0v) is 12.3. The minimum absolute atomic E-state index is 0.0389. The van der Waals surface area contributed by atoms with Crippen molar-refractivity contribution in [3.63, 3.8) is 0 Å². The molecular weight excluding hydrogens is 256 g/mol. The first-order chi connectivity index (χ1) is 9.30. The molecule has 0 spiro atoms. The summed E-state index contributed by atoms with van der Waals surface area (Å²) < 4.78 is 6.89. The molecule has 1 heterocycles. The van der Waals surface area contributed by atoms with E-state index in [1.165, 1.54) is 0 Å². The van der Waals surface area contributed by atoms with Crippen molar-refractivity contribution in [2.75, 3.05) is 0 Å². The monoisotopic (exact) mass is 276 g/mol. The number of ether oxygens (including phenoxy) is 1. The van der Waals surface area contributed by atoms with Crippen LogP contribution < -0.4 is 0 Å². The maximum Gasteiger partial charge on any atom is 0.328 e. The molecule has 0 bridgehead atoms. The van der Waals surface area contributed by atoms with E-state index in [0.29, 0.717) is 0 Å². The summed E-state index contributed by atoms with van der Waals surface area (Å²) in [4.78, 5) is 11.9. The van der Waals surface area contributed by atoms with Gasteiger partial charge in [-0.15, -0.1) is 0 Å². The number of carbonyl (C=O) groups excluding carboxylic acids is 1. The first-order valence-corrected chi connectivity index (χ1v) is 6.70. The van der Waals surface area contributed by atoms with Crippen molar-refractivity contribution in [1.29, 1.82) is 0 Å². The number of nitrogens with zero attached hydrogens (tertiary/aromatic N) is 2. The Morgan fingerprint density at radius 3 is 2.70 bits per heavy atom. The number of aryl methyl sites for hydroxylation is 1. The van der Waals surface area contributed by atoms with Crippen LogP contribution in [0.5, 0.6) is 5.75 Å². The van der Waals surface area contributed by atoms with E-state index in [4.69, 9.17) is 4.74 Å². The Morgan fingerprint density at radius 2 is 2.10 bits per heavy atom. The summed E-state index contributed by atoms with van der Waals surface area (Å²) in [6, 6.07) is 5.06. The summed E-state index contributed by atoms with van der Waals surface area (Å²) in [5.41, 5.74) is 1.13. The molecule has 0 aliphatic carbocycles. The van der Waals surface area contributed by atoms with Crippen LogP contribution in [0.3, 0.4) is 0 Å². The Morgan fingerprint density at radius 1 is 1.40 bits per heavy atom. The molecule has 1 N–H and O–H groups in total. The van der Waals surface area contributed by atoms with Crippen LogP contribution in [-0.4, -0.2) is 26.5 Å². The zero-order chi connectivity index (χ0) is 14.9. The summed E-state index contributed by atoms with van der Waals surface area (Å²) in [5.74, 6) is -0.182. The topological polar surface area (TPSA) is 64.4 Å². The van der Waals surface area contributed by atoms with Gasteiger partial charge in [0.1, 0.15) is 17.9 Å². The molecule has 0 atom stereocenters. The van der Waals surface area contributed by atoms with Gasteiger partial charge >= 0.3 is 5.97 Å². The number of phenols is 1. The second-order valence-corrected chi connectivity index (χ2v) is 5.75. The molecule has 108 valence electrons. The maximum atomic E-state index is 11.9. The number of carbonyl (C=O) groups is 1. The summed E-state index contributed by atoms with van der Waals surface area (Å²) in [6.07, 6.45) is 0.766. The number of fused-ring (bicyclic) bond motifs is 1. The van der Waals surface area contributed by atoms with Gasteiger partial charge in [0.05, 0.1) is 11.2 Å². The third kappa shape index (κ3) is 3.10. The standard InChI is InChI=1S/C15H20N2O3/c1-5-12-11-7-6-10(18)8-13(11)17(16-12)9-14(19)20-15(2,3)4/h6-8,18H,5,9H2,1-4H3. The molecule has 0 saturated carbocycles. The predicted molar refractivity (Wildman–Crippen MR) is 76.6 cm³/mol. The number of aromatic nitrogens is 2. The molecule has 2 rings (SSSR count). The number of benzene rings is 1. The molecule has 0 amide bonds. The fourth-order valence-electron chi connectivity index (χ4n) is 2.11. The van der Waals surface area contributed by atoms with Gasteiger partial charge in [-0.2, -0.15) is 5.10 Å². The van der Waals surface area contributed by atoms with Crippen LogP contribution >= 0.6 is 0 Å². The van der Waals surface area contributed by atoms with Crippen molar-refractivity contribution in [3.8, 4) is 5.75 Å². The van der Waals surface area contributed by atoms with E-state index in [-0.39, 0.29) is 18.3 Å². The molecule has 0 aliphatic heterocycles. The van der Waals surface area contributed by atoms with Gasteiger partial charge in [0.2, 0.25) is 0 Å². The van der Waals surface area contributed by atoms with Crippen molar-refractivity contribution < 1.29 is 14.6 Å². The molecule has 1 aromatic heterocycles. The quantitative estimate of drug-likeness (QED) is 0.875. The van der Waals surface area contributed by atoms with Crippen LogP contribution in [0.4, 0.5) is 0 Å². The molecule has 2 aromatic rings. The Kier molecular flexibility index (Phi) is 3.70. The number of hydrogen-bond acceptors (Lipinski definition) is 4. The van der Waals surface area contributed by atoms with Crippen LogP contribution in [-0.2, 0) is 22.5 Å². The van der Waals surface area contributed by atoms with Crippen LogP contribution in [0.2, 0.25) is 0 Å². The fourth-order valence-corrected chi connectivity index (χ4v) is 2.11. The van der Waals surface area contributed by atoms with E-state index in [9.17, 15) is 9.90 Å². The van der Waals surface area contributed by atoms with Gasteiger partial charge in [-0.05, 0) is 39.3 Å². The van der Waals surface area contributed by atoms with Gasteiger partial charge in [-0.25, -0.2) is 0 Å². The van der Waals surface area contributed by atoms with Crippen LogP contribution in [0, 0.1) is 0 Å². The zero-order valence-electron chi connectivity index (χ0n) is 12.3. The number of aromatic hydroxyl groups is 1. The maximum absolute atomic E-state index is 11.9. The van der Waals surface area contributed by atoms with E-state index in [1.54, 1.807) is 16.8 Å². The van der Waals surface area contributed by atoms with E-state index >= 15 is 0 Å². The second kappa shape index (κ2) is 5.15. The Labute approximate surface area is 118 Å². The lowest BCUT2D eigenvalue weighted by Crippen LogP contribution is -2.26. The van der Waals surface area contributed by atoms with Crippen LogP contribution in [0.25, 0.3) is 10.9 Å². The van der Waals surface area contributed by atoms with Crippen molar-refractivity contribution >= 4 is 16.9 Å². The smallest absolute Gasteiger partial charge is 0.328 e. The third-order valence-corrected chi connectivity index (χ3v) is 2.85. The van der Waals surface area contributed by atoms with E-state index in [2.05, 4.69) is 5.10 Å². The number of esters is 1. The number of phenolic OH excluding ortho intramolecular Hbond substituents is 1. The Balaban J connectivity index is 2.34. The van der Waals surface area contributed by atoms with Crippen molar-refractivity contribution in [2.45, 2.75) is 46.3 Å². The third-order valence-electron chi connectivity index (χ3n) is 2.85. The van der Waals surface area contributed by atoms with Gasteiger partial charge in [0.15, 0.2) is 0 Å². The van der Waals surface area contributed by atoms with Crippen molar-refractivity contribution in [3.05, 3.63) is 23.9 Å². The first kappa shape index (κ1) is 14.4. The molecule has 0 fully saturated rings. The molecule has 5 nitrogen and oxygen atoms in total. The SMILES string of the molecule is CCc1nn(CC(=O)OC(C)(C)C)c2cc(O)ccc12. The molecular formula is C15H20N2O3. The average molecular weight is 276 g/mol. The number of hydrogen-bond donors (Lipinski definition) is 1. The second-order valence-electron chi connectivity index (χ2n) is 5.75. The minimum atomic E-state index is -0.518. The summed E-state index contributed by atoms with van der Waals surface area (Å²) in [5, 5.41) is 15.0. The molecule has 0 saturated heterocycles. The van der Waals surface area contributed by atoms with E-state index < -0.39 is 5.60 Å². The lowest BCUT2D eigenvalue weighted by atomic mass is 10.2. The molecule has 5 heteroatoms. The molecule has 0 radical (unpaired) electrons. The largest absolute Gasteiger partial charge is 0.508 e. The molecule has 20 heavy (non-hydrogen) atoms. The van der Waals surface area contributed by atoms with Crippen molar-refractivity contribution in [1.82, 2.24) is 9.78 Å². The van der Waals surface area contributed by atoms with Crippen LogP contribution in [0.15, 0.2) is 18.2 Å². The van der Waals surface area contributed by atoms with Gasteiger partial charge < -0.3 is 9.84 Å². The molecule has 0 unspecified atom stereocenters. The minimum Gasteiger partial charge on any atom is -0.508 e. The summed E-state index contributed by atoms with van der Waals surface area (Å²) >= 11 is 0. The summed E-state index contributed by atoms with van der Waals surface area (Å²) in [6.45, 7) is 7.53. The molecule has 1 aromatic carbocycles. The highest BCUT2D eigenvalue weighted by Crippen LogP contribution is 2.23. The van der Waals surface area contributed by atoms with Crippen LogP contribution in [0.1, 0.15) is 33.4 Å². The first-order valence-electron chi connectivity index (χ1n) is 6.70.